The highest BCUT2D eigenvalue weighted by Crippen LogP contribution is 2.30. The molecule has 0 radical (unpaired) electrons. The number of anilines is 1. The van der Waals surface area contributed by atoms with Gasteiger partial charge in [0.1, 0.15) is 0 Å². The summed E-state index contributed by atoms with van der Waals surface area (Å²) in [7, 11) is 0. The van der Waals surface area contributed by atoms with Crippen molar-refractivity contribution in [2.75, 3.05) is 11.9 Å². The molecule has 0 aromatic heterocycles. The van der Waals surface area contributed by atoms with E-state index in [1.54, 1.807) is 12.1 Å². The van der Waals surface area contributed by atoms with Gasteiger partial charge in [-0.2, -0.15) is 18.3 Å². The van der Waals surface area contributed by atoms with Gasteiger partial charge in [0.05, 0.1) is 17.8 Å². The average molecular weight is 368 g/mol. The minimum Gasteiger partial charge on any atom is -0.306 e. The first kappa shape index (κ1) is 17.3. The van der Waals surface area contributed by atoms with E-state index in [9.17, 15) is 18.0 Å². The van der Waals surface area contributed by atoms with Crippen molar-refractivity contribution >= 4 is 29.0 Å². The number of hydrogen-bond acceptors (Lipinski definition) is 2. The van der Waals surface area contributed by atoms with Gasteiger partial charge in [0.25, 0.3) is 0 Å². The number of urea groups is 1. The van der Waals surface area contributed by atoms with Crippen LogP contribution >= 0.6 is 11.6 Å². The second kappa shape index (κ2) is 6.76. The Morgan fingerprint density at radius 3 is 2.32 bits per heavy atom. The molecule has 0 fully saturated rings. The molecule has 1 aliphatic rings. The van der Waals surface area contributed by atoms with E-state index < -0.39 is 17.8 Å². The van der Waals surface area contributed by atoms with Crippen LogP contribution in [0.5, 0.6) is 0 Å². The van der Waals surface area contributed by atoms with Crippen LogP contribution in [0.4, 0.5) is 23.7 Å². The maximum atomic E-state index is 12.5. The number of amides is 2. The predicted molar refractivity (Wildman–Crippen MR) is 89.8 cm³/mol. The topological polar surface area (TPSA) is 44.7 Å². The van der Waals surface area contributed by atoms with Crippen LogP contribution in [0.25, 0.3) is 0 Å². The van der Waals surface area contributed by atoms with Gasteiger partial charge >= 0.3 is 12.2 Å². The molecule has 0 unspecified atom stereocenters. The fourth-order valence-electron chi connectivity index (χ4n) is 2.38. The molecule has 0 spiro atoms. The Bertz CT molecular complexity index is 801. The first-order chi connectivity index (χ1) is 11.8. The minimum absolute atomic E-state index is 0.271. The zero-order valence-corrected chi connectivity index (χ0v) is 13.6. The number of benzene rings is 2. The summed E-state index contributed by atoms with van der Waals surface area (Å²) in [5, 5.41) is 8.65. The zero-order chi connectivity index (χ0) is 18.0. The van der Waals surface area contributed by atoms with Crippen molar-refractivity contribution in [2.45, 2.75) is 12.6 Å². The standard InChI is InChI=1S/C17H13ClF3N3O/c18-13-5-1-11(2-6-13)15-9-10-24(23-15)16(25)22-14-7-3-12(4-8-14)17(19,20)21/h1-8H,9-10H2,(H,22,25). The number of carbonyl (C=O) groups excluding carboxylic acids is 1. The summed E-state index contributed by atoms with van der Waals surface area (Å²) in [6, 6.07) is 10.9. The van der Waals surface area contributed by atoms with Crippen molar-refractivity contribution in [3.63, 3.8) is 0 Å². The van der Waals surface area contributed by atoms with Gasteiger partial charge in [-0.25, -0.2) is 9.80 Å². The van der Waals surface area contributed by atoms with Gasteiger partial charge in [0.15, 0.2) is 0 Å². The van der Waals surface area contributed by atoms with E-state index >= 15 is 0 Å². The Morgan fingerprint density at radius 1 is 1.08 bits per heavy atom. The SMILES string of the molecule is O=C(Nc1ccc(C(F)(F)F)cc1)N1CCC(c2ccc(Cl)cc2)=N1. The maximum absolute atomic E-state index is 12.5. The maximum Gasteiger partial charge on any atom is 0.416 e. The average Bonchev–Trinajstić information content (AvgIpc) is 3.05. The smallest absolute Gasteiger partial charge is 0.306 e. The number of hydrogen-bond donors (Lipinski definition) is 1. The van der Waals surface area contributed by atoms with Crippen molar-refractivity contribution < 1.29 is 18.0 Å². The first-order valence-corrected chi connectivity index (χ1v) is 7.80. The minimum atomic E-state index is -4.41. The first-order valence-electron chi connectivity index (χ1n) is 7.42. The van der Waals surface area contributed by atoms with Crippen LogP contribution in [0.2, 0.25) is 5.02 Å². The molecule has 130 valence electrons. The molecule has 2 aromatic rings. The molecule has 0 saturated heterocycles. The molecule has 25 heavy (non-hydrogen) atoms. The van der Waals surface area contributed by atoms with Crippen molar-refractivity contribution in [1.29, 1.82) is 0 Å². The van der Waals surface area contributed by atoms with Gasteiger partial charge in [-0.05, 0) is 42.0 Å². The van der Waals surface area contributed by atoms with Gasteiger partial charge in [0, 0.05) is 17.1 Å². The predicted octanol–water partition coefficient (Wildman–Crippen LogP) is 5.00. The summed E-state index contributed by atoms with van der Waals surface area (Å²) in [6.45, 7) is 0.393. The molecule has 8 heteroatoms. The zero-order valence-electron chi connectivity index (χ0n) is 12.8. The largest absolute Gasteiger partial charge is 0.416 e. The Balaban J connectivity index is 1.67. The Labute approximate surface area is 146 Å². The van der Waals surface area contributed by atoms with Crippen molar-refractivity contribution in [1.82, 2.24) is 5.01 Å². The summed E-state index contributed by atoms with van der Waals surface area (Å²) in [5.74, 6) is 0. The molecule has 3 rings (SSSR count). The lowest BCUT2D eigenvalue weighted by Crippen LogP contribution is -2.28. The third-order valence-electron chi connectivity index (χ3n) is 3.68. The number of rotatable bonds is 2. The Hall–Kier alpha value is -2.54. The number of halogens is 4. The summed E-state index contributed by atoms with van der Waals surface area (Å²) in [6.07, 6.45) is -3.82. The quantitative estimate of drug-likeness (QED) is 0.797. The summed E-state index contributed by atoms with van der Waals surface area (Å²) in [5.41, 5.74) is 1.12. The lowest BCUT2D eigenvalue weighted by Gasteiger charge is -2.13. The molecule has 0 aliphatic carbocycles. The molecule has 1 aliphatic heterocycles. The highest BCUT2D eigenvalue weighted by molar-refractivity contribution is 6.30. The molecule has 0 saturated carbocycles. The van der Waals surface area contributed by atoms with E-state index in [4.69, 9.17) is 11.6 Å². The molecular weight excluding hydrogens is 355 g/mol. The highest BCUT2D eigenvalue weighted by Gasteiger charge is 2.30. The summed E-state index contributed by atoms with van der Waals surface area (Å²) >= 11 is 5.84. The van der Waals surface area contributed by atoms with Crippen LogP contribution in [0.15, 0.2) is 53.6 Å². The number of carbonyl (C=O) groups is 1. The van der Waals surface area contributed by atoms with E-state index in [1.165, 1.54) is 17.1 Å². The molecular formula is C17H13ClF3N3O. The normalized spacial score (nSPS) is 14.4. The van der Waals surface area contributed by atoms with Crippen molar-refractivity contribution in [3.8, 4) is 0 Å². The number of hydrazone groups is 1. The fourth-order valence-corrected chi connectivity index (χ4v) is 2.51. The summed E-state index contributed by atoms with van der Waals surface area (Å²) in [4.78, 5) is 12.2. The molecule has 0 atom stereocenters. The number of alkyl halides is 3. The van der Waals surface area contributed by atoms with Gasteiger partial charge in [0.2, 0.25) is 0 Å². The fraction of sp³-hybridized carbons (Fsp3) is 0.176. The molecule has 4 nitrogen and oxygen atoms in total. The summed E-state index contributed by atoms with van der Waals surface area (Å²) < 4.78 is 37.6. The van der Waals surface area contributed by atoms with Gasteiger partial charge < -0.3 is 5.32 Å². The second-order valence-corrected chi connectivity index (χ2v) is 5.87. The van der Waals surface area contributed by atoms with Crippen LogP contribution < -0.4 is 5.32 Å². The van der Waals surface area contributed by atoms with Crippen LogP contribution in [-0.4, -0.2) is 23.3 Å². The molecule has 2 amide bonds. The van der Waals surface area contributed by atoms with Gasteiger partial charge in [-0.1, -0.05) is 23.7 Å². The Kier molecular flexibility index (Phi) is 4.67. The molecule has 1 heterocycles. The molecule has 1 N–H and O–H groups in total. The van der Waals surface area contributed by atoms with E-state index in [0.29, 0.717) is 18.0 Å². The van der Waals surface area contributed by atoms with Crippen molar-refractivity contribution in [2.24, 2.45) is 5.10 Å². The lowest BCUT2D eigenvalue weighted by atomic mass is 10.1. The monoisotopic (exact) mass is 367 g/mol. The van der Waals surface area contributed by atoms with Gasteiger partial charge in [-0.3, -0.25) is 0 Å². The van der Waals surface area contributed by atoms with Crippen molar-refractivity contribution in [3.05, 3.63) is 64.7 Å². The van der Waals surface area contributed by atoms with E-state index in [1.807, 2.05) is 12.1 Å². The third-order valence-corrected chi connectivity index (χ3v) is 3.93. The second-order valence-electron chi connectivity index (χ2n) is 5.43. The Morgan fingerprint density at radius 2 is 1.72 bits per heavy atom. The number of nitrogens with zero attached hydrogens (tertiary/aromatic N) is 2. The van der Waals surface area contributed by atoms with E-state index in [2.05, 4.69) is 10.4 Å². The van der Waals surface area contributed by atoms with Gasteiger partial charge in [-0.15, -0.1) is 0 Å². The lowest BCUT2D eigenvalue weighted by molar-refractivity contribution is -0.137. The molecule has 0 bridgehead atoms. The van der Waals surface area contributed by atoms with E-state index in [-0.39, 0.29) is 5.69 Å². The van der Waals surface area contributed by atoms with Crippen LogP contribution in [0.3, 0.4) is 0 Å². The van der Waals surface area contributed by atoms with Crippen LogP contribution in [0.1, 0.15) is 17.5 Å². The highest BCUT2D eigenvalue weighted by atomic mass is 35.5. The number of nitrogens with one attached hydrogen (secondary N) is 1. The van der Waals surface area contributed by atoms with Crippen LogP contribution in [-0.2, 0) is 6.18 Å². The van der Waals surface area contributed by atoms with Crippen LogP contribution in [0, 0.1) is 0 Å². The third kappa shape index (κ3) is 4.11. The molecule has 2 aromatic carbocycles. The van der Waals surface area contributed by atoms with E-state index in [0.717, 1.165) is 23.4 Å².